The summed E-state index contributed by atoms with van der Waals surface area (Å²) in [5, 5.41) is 19.4. The van der Waals surface area contributed by atoms with E-state index < -0.39 is 28.7 Å². The summed E-state index contributed by atoms with van der Waals surface area (Å²) in [5.74, 6) is -0.847. The van der Waals surface area contributed by atoms with Crippen molar-refractivity contribution in [3.8, 4) is 0 Å². The lowest BCUT2D eigenvalue weighted by molar-refractivity contribution is -0.153. The van der Waals surface area contributed by atoms with E-state index in [1.165, 1.54) is 0 Å². The molecule has 1 saturated heterocycles. The highest BCUT2D eigenvalue weighted by Gasteiger charge is 2.43. The number of aliphatic hydroxyl groups is 1. The minimum Gasteiger partial charge on any atom is -0.481 e. The zero-order valence-electron chi connectivity index (χ0n) is 14.3. The average molecular weight is 315 g/mol. The van der Waals surface area contributed by atoms with Gasteiger partial charge in [0.25, 0.3) is 0 Å². The molecular weight excluding hydrogens is 286 g/mol. The molecule has 6 nitrogen and oxygen atoms in total. The number of amides is 1. The summed E-state index contributed by atoms with van der Waals surface area (Å²) in [5.41, 5.74) is -2.30. The largest absolute Gasteiger partial charge is 0.481 e. The Kier molecular flexibility index (Phi) is 5.49. The van der Waals surface area contributed by atoms with Crippen molar-refractivity contribution in [2.24, 2.45) is 5.41 Å². The summed E-state index contributed by atoms with van der Waals surface area (Å²) in [7, 11) is 0. The van der Waals surface area contributed by atoms with Crippen molar-refractivity contribution in [1.82, 2.24) is 4.90 Å². The Morgan fingerprint density at radius 1 is 1.14 bits per heavy atom. The highest BCUT2D eigenvalue weighted by Crippen LogP contribution is 2.38. The number of carboxylic acid groups (broad SMARTS) is 1. The third kappa shape index (κ3) is 5.48. The molecule has 1 amide bonds. The van der Waals surface area contributed by atoms with Crippen LogP contribution in [-0.2, 0) is 9.53 Å². The van der Waals surface area contributed by atoms with Gasteiger partial charge in [-0.2, -0.15) is 0 Å². The van der Waals surface area contributed by atoms with Crippen LogP contribution < -0.4 is 0 Å². The molecule has 1 rings (SSSR count). The fourth-order valence-corrected chi connectivity index (χ4v) is 2.56. The summed E-state index contributed by atoms with van der Waals surface area (Å²) in [6.45, 7) is 9.51. The first-order chi connectivity index (χ1) is 9.85. The monoisotopic (exact) mass is 315 g/mol. The number of hydrogen-bond donors (Lipinski definition) is 2. The summed E-state index contributed by atoms with van der Waals surface area (Å²) in [4.78, 5) is 25.3. The number of ether oxygens (including phenoxy) is 1. The minimum atomic E-state index is -0.884. The Morgan fingerprint density at radius 3 is 2.00 bits per heavy atom. The van der Waals surface area contributed by atoms with Gasteiger partial charge < -0.3 is 19.8 Å². The molecule has 1 fully saturated rings. The lowest BCUT2D eigenvalue weighted by Crippen LogP contribution is -2.48. The van der Waals surface area contributed by atoms with Crippen LogP contribution in [0.2, 0.25) is 0 Å². The van der Waals surface area contributed by atoms with E-state index in [4.69, 9.17) is 4.74 Å². The van der Waals surface area contributed by atoms with Crippen molar-refractivity contribution in [2.75, 3.05) is 13.1 Å². The van der Waals surface area contributed by atoms with Crippen LogP contribution in [0.25, 0.3) is 0 Å². The van der Waals surface area contributed by atoms with Gasteiger partial charge in [0.05, 0.1) is 11.0 Å². The predicted molar refractivity (Wildman–Crippen MR) is 82.6 cm³/mol. The molecule has 1 heterocycles. The number of nitrogens with zero attached hydrogens (tertiary/aromatic N) is 1. The molecule has 2 N–H and O–H groups in total. The quantitative estimate of drug-likeness (QED) is 0.833. The number of piperidine rings is 1. The Labute approximate surface area is 132 Å². The molecule has 6 heteroatoms. The van der Waals surface area contributed by atoms with E-state index >= 15 is 0 Å². The third-order valence-corrected chi connectivity index (χ3v) is 4.04. The number of carbonyl (C=O) groups excluding carboxylic acids is 1. The third-order valence-electron chi connectivity index (χ3n) is 4.04. The van der Waals surface area contributed by atoms with E-state index in [0.29, 0.717) is 38.8 Å². The van der Waals surface area contributed by atoms with E-state index in [2.05, 4.69) is 0 Å². The van der Waals surface area contributed by atoms with E-state index in [-0.39, 0.29) is 0 Å². The molecule has 0 aliphatic carbocycles. The Balaban J connectivity index is 2.66. The smallest absolute Gasteiger partial charge is 0.410 e. The van der Waals surface area contributed by atoms with Gasteiger partial charge in [0.1, 0.15) is 5.60 Å². The van der Waals surface area contributed by atoms with E-state index in [9.17, 15) is 19.8 Å². The van der Waals surface area contributed by atoms with Crippen molar-refractivity contribution in [3.05, 3.63) is 0 Å². The number of likely N-dealkylation sites (tertiary alicyclic amines) is 1. The highest BCUT2D eigenvalue weighted by atomic mass is 16.6. The summed E-state index contributed by atoms with van der Waals surface area (Å²) >= 11 is 0. The van der Waals surface area contributed by atoms with Gasteiger partial charge in [-0.15, -0.1) is 0 Å². The maximum Gasteiger partial charge on any atom is 0.410 e. The number of rotatable bonds is 4. The molecule has 0 saturated carbocycles. The van der Waals surface area contributed by atoms with E-state index in [0.717, 1.165) is 0 Å². The summed E-state index contributed by atoms with van der Waals surface area (Å²) in [6, 6.07) is 0. The second kappa shape index (κ2) is 6.44. The number of carbonyl (C=O) groups is 2. The fourth-order valence-electron chi connectivity index (χ4n) is 2.56. The first kappa shape index (κ1) is 18.7. The number of aliphatic carboxylic acids is 1. The first-order valence-electron chi connectivity index (χ1n) is 7.78. The van der Waals surface area contributed by atoms with Crippen LogP contribution >= 0.6 is 0 Å². The van der Waals surface area contributed by atoms with Gasteiger partial charge in [-0.3, -0.25) is 4.79 Å². The minimum absolute atomic E-state index is 0.368. The van der Waals surface area contributed by atoms with Gasteiger partial charge in [-0.05, 0) is 60.3 Å². The van der Waals surface area contributed by atoms with Gasteiger partial charge in [0.2, 0.25) is 0 Å². The molecule has 0 aromatic carbocycles. The summed E-state index contributed by atoms with van der Waals surface area (Å²) in [6.07, 6.45) is 1.21. The molecule has 1 aliphatic heterocycles. The Bertz CT molecular complexity index is 411. The molecule has 0 atom stereocenters. The number of hydrogen-bond acceptors (Lipinski definition) is 4. The van der Waals surface area contributed by atoms with Crippen LogP contribution in [0.3, 0.4) is 0 Å². The number of carboxylic acids is 1. The standard InChI is InChI=1S/C16H29NO5/c1-14(2,3)22-13(20)17-10-8-16(9-11-17,12(18)19)7-6-15(4,5)21/h21H,6-11H2,1-5H3,(H,18,19). The van der Waals surface area contributed by atoms with Gasteiger partial charge in [-0.1, -0.05) is 0 Å². The first-order valence-corrected chi connectivity index (χ1v) is 7.78. The van der Waals surface area contributed by atoms with Crippen LogP contribution in [0.1, 0.15) is 60.3 Å². The molecule has 0 unspecified atom stereocenters. The van der Waals surface area contributed by atoms with Crippen LogP contribution in [0.4, 0.5) is 4.79 Å². The predicted octanol–water partition coefficient (Wildman–Crippen LogP) is 2.64. The maximum atomic E-state index is 12.0. The Morgan fingerprint density at radius 2 is 1.64 bits per heavy atom. The van der Waals surface area contributed by atoms with Crippen LogP contribution in [0.5, 0.6) is 0 Å². The van der Waals surface area contributed by atoms with Crippen molar-refractivity contribution in [1.29, 1.82) is 0 Å². The molecule has 22 heavy (non-hydrogen) atoms. The van der Waals surface area contributed by atoms with Crippen molar-refractivity contribution >= 4 is 12.1 Å². The average Bonchev–Trinajstić information content (AvgIpc) is 2.33. The Hall–Kier alpha value is -1.30. The molecule has 0 radical (unpaired) electrons. The zero-order valence-corrected chi connectivity index (χ0v) is 14.3. The molecule has 128 valence electrons. The molecule has 1 aliphatic rings. The molecule has 0 aromatic heterocycles. The molecular formula is C16H29NO5. The normalized spacial score (nSPS) is 18.9. The fraction of sp³-hybridized carbons (Fsp3) is 0.875. The van der Waals surface area contributed by atoms with E-state index in [1.807, 2.05) is 0 Å². The van der Waals surface area contributed by atoms with E-state index in [1.54, 1.807) is 39.5 Å². The molecule has 0 aromatic rings. The van der Waals surface area contributed by atoms with Crippen LogP contribution in [0, 0.1) is 5.41 Å². The van der Waals surface area contributed by atoms with Gasteiger partial charge in [-0.25, -0.2) is 4.79 Å². The van der Waals surface area contributed by atoms with Crippen molar-refractivity contribution < 1.29 is 24.5 Å². The lowest BCUT2D eigenvalue weighted by Gasteiger charge is -2.40. The van der Waals surface area contributed by atoms with Gasteiger partial charge >= 0.3 is 12.1 Å². The second-order valence-electron chi connectivity index (χ2n) is 7.87. The van der Waals surface area contributed by atoms with Gasteiger partial charge in [0, 0.05) is 13.1 Å². The van der Waals surface area contributed by atoms with Crippen LogP contribution in [-0.4, -0.2) is 51.5 Å². The second-order valence-corrected chi connectivity index (χ2v) is 7.87. The SMILES string of the molecule is CC(C)(O)CCC1(C(=O)O)CCN(C(=O)OC(C)(C)C)CC1. The zero-order chi connectivity index (χ0) is 17.2. The van der Waals surface area contributed by atoms with Gasteiger partial charge in [0.15, 0.2) is 0 Å². The molecule has 0 bridgehead atoms. The summed E-state index contributed by atoms with van der Waals surface area (Å²) < 4.78 is 5.32. The topological polar surface area (TPSA) is 87.1 Å². The van der Waals surface area contributed by atoms with Crippen LogP contribution in [0.15, 0.2) is 0 Å². The van der Waals surface area contributed by atoms with Crippen molar-refractivity contribution in [3.63, 3.8) is 0 Å². The maximum absolute atomic E-state index is 12.0. The molecule has 0 spiro atoms. The van der Waals surface area contributed by atoms with Crippen molar-refractivity contribution in [2.45, 2.75) is 71.5 Å². The lowest BCUT2D eigenvalue weighted by atomic mass is 9.73. The highest BCUT2D eigenvalue weighted by molar-refractivity contribution is 5.75.